The number of nitrogens with zero attached hydrogens (tertiary/aromatic N) is 2. The molecule has 2 rings (SSSR count). The number of carbonyl (C=O) groups is 1. The molecule has 5 heteroatoms. The lowest BCUT2D eigenvalue weighted by Crippen LogP contribution is -2.26. The van der Waals surface area contributed by atoms with Crippen molar-refractivity contribution < 1.29 is 9.53 Å². The van der Waals surface area contributed by atoms with Crippen molar-refractivity contribution in [1.82, 2.24) is 9.78 Å². The van der Waals surface area contributed by atoms with E-state index in [0.717, 1.165) is 12.8 Å². The van der Waals surface area contributed by atoms with Gasteiger partial charge in [0.05, 0.1) is 11.9 Å². The molecule has 0 radical (unpaired) electrons. The number of hydrogen-bond acceptors (Lipinski definition) is 3. The molecule has 1 fully saturated rings. The third kappa shape index (κ3) is 1.93. The first-order valence-electron chi connectivity index (χ1n) is 4.67. The monoisotopic (exact) mass is 195 g/mol. The predicted molar refractivity (Wildman–Crippen MR) is 50.8 cm³/mol. The Bertz CT molecular complexity index is 329. The first-order chi connectivity index (χ1) is 6.75. The van der Waals surface area contributed by atoms with Gasteiger partial charge in [-0.15, -0.1) is 0 Å². The van der Waals surface area contributed by atoms with Crippen molar-refractivity contribution in [2.24, 2.45) is 7.05 Å². The Morgan fingerprint density at radius 2 is 2.64 bits per heavy atom. The molecule has 0 aromatic carbocycles. The second-order valence-electron chi connectivity index (χ2n) is 3.39. The van der Waals surface area contributed by atoms with E-state index in [4.69, 9.17) is 4.74 Å². The summed E-state index contributed by atoms with van der Waals surface area (Å²) in [4.78, 5) is 11.6. The van der Waals surface area contributed by atoms with Crippen LogP contribution in [0.5, 0.6) is 0 Å². The van der Waals surface area contributed by atoms with E-state index >= 15 is 0 Å². The predicted octanol–water partition coefficient (Wildman–Crippen LogP) is 0.538. The summed E-state index contributed by atoms with van der Waals surface area (Å²) in [6.45, 7) is 0.686. The maximum Gasteiger partial charge on any atom is 0.253 e. The highest BCUT2D eigenvalue weighted by molar-refractivity contribution is 5.94. The van der Waals surface area contributed by atoms with Gasteiger partial charge in [-0.1, -0.05) is 0 Å². The lowest BCUT2D eigenvalue weighted by Gasteiger charge is -2.07. The minimum Gasteiger partial charge on any atom is -0.368 e. The summed E-state index contributed by atoms with van der Waals surface area (Å²) in [5, 5.41) is 6.71. The fourth-order valence-corrected chi connectivity index (χ4v) is 1.49. The van der Waals surface area contributed by atoms with Gasteiger partial charge in [0.2, 0.25) is 0 Å². The van der Waals surface area contributed by atoms with E-state index in [1.54, 1.807) is 17.1 Å². The Morgan fingerprint density at radius 3 is 3.21 bits per heavy atom. The third-order valence-electron chi connectivity index (χ3n) is 2.19. The number of aromatic nitrogens is 2. The van der Waals surface area contributed by atoms with Crippen molar-refractivity contribution in [3.63, 3.8) is 0 Å². The molecule has 1 aromatic rings. The Morgan fingerprint density at radius 1 is 1.79 bits per heavy atom. The molecular formula is C9H13N3O2. The summed E-state index contributed by atoms with van der Waals surface area (Å²) in [6.07, 6.45) is 4.87. The van der Waals surface area contributed by atoms with Crippen molar-refractivity contribution in [3.05, 3.63) is 12.4 Å². The van der Waals surface area contributed by atoms with Crippen LogP contribution in [0.3, 0.4) is 0 Å². The Balaban J connectivity index is 1.93. The van der Waals surface area contributed by atoms with Gasteiger partial charge in [0.15, 0.2) is 0 Å². The molecule has 1 atom stereocenters. The smallest absolute Gasteiger partial charge is 0.253 e. The number of amides is 1. The van der Waals surface area contributed by atoms with E-state index in [1.807, 2.05) is 7.05 Å². The summed E-state index contributed by atoms with van der Waals surface area (Å²) in [5.41, 5.74) is 0.716. The number of anilines is 1. The summed E-state index contributed by atoms with van der Waals surface area (Å²) < 4.78 is 6.90. The van der Waals surface area contributed by atoms with Crippen LogP contribution in [-0.4, -0.2) is 28.4 Å². The van der Waals surface area contributed by atoms with Crippen LogP contribution in [0.2, 0.25) is 0 Å². The van der Waals surface area contributed by atoms with Gasteiger partial charge in [-0.3, -0.25) is 9.48 Å². The average molecular weight is 195 g/mol. The minimum atomic E-state index is -0.282. The molecule has 14 heavy (non-hydrogen) atoms. The normalized spacial score (nSPS) is 21.1. The van der Waals surface area contributed by atoms with Gasteiger partial charge in [0.1, 0.15) is 6.10 Å². The molecule has 1 aliphatic rings. The summed E-state index contributed by atoms with van der Waals surface area (Å²) in [6, 6.07) is 0. The first-order valence-corrected chi connectivity index (χ1v) is 4.67. The molecule has 1 aromatic heterocycles. The van der Waals surface area contributed by atoms with Crippen LogP contribution in [-0.2, 0) is 16.6 Å². The van der Waals surface area contributed by atoms with Crippen molar-refractivity contribution in [1.29, 1.82) is 0 Å². The second kappa shape index (κ2) is 3.79. The highest BCUT2D eigenvalue weighted by Crippen LogP contribution is 2.14. The lowest BCUT2D eigenvalue weighted by atomic mass is 10.2. The maximum atomic E-state index is 11.6. The van der Waals surface area contributed by atoms with Crippen molar-refractivity contribution in [2.45, 2.75) is 18.9 Å². The van der Waals surface area contributed by atoms with Crippen LogP contribution in [0.4, 0.5) is 5.69 Å². The van der Waals surface area contributed by atoms with E-state index in [9.17, 15) is 4.79 Å². The van der Waals surface area contributed by atoms with Gasteiger partial charge in [0, 0.05) is 19.9 Å². The van der Waals surface area contributed by atoms with Crippen LogP contribution in [0, 0.1) is 0 Å². The largest absolute Gasteiger partial charge is 0.368 e. The number of nitrogens with one attached hydrogen (secondary N) is 1. The Hall–Kier alpha value is -1.36. The molecule has 2 heterocycles. The second-order valence-corrected chi connectivity index (χ2v) is 3.39. The molecule has 0 spiro atoms. The van der Waals surface area contributed by atoms with Crippen LogP contribution >= 0.6 is 0 Å². The lowest BCUT2D eigenvalue weighted by molar-refractivity contribution is -0.124. The Labute approximate surface area is 82.0 Å². The molecule has 5 nitrogen and oxygen atoms in total. The fourth-order valence-electron chi connectivity index (χ4n) is 1.49. The number of hydrogen-bond donors (Lipinski definition) is 1. The highest BCUT2D eigenvalue weighted by Gasteiger charge is 2.23. The topological polar surface area (TPSA) is 56.2 Å². The molecule has 0 unspecified atom stereocenters. The molecule has 76 valence electrons. The molecular weight excluding hydrogens is 182 g/mol. The minimum absolute atomic E-state index is 0.0736. The zero-order valence-electron chi connectivity index (χ0n) is 8.06. The van der Waals surface area contributed by atoms with Crippen molar-refractivity contribution in [2.75, 3.05) is 11.9 Å². The molecule has 1 N–H and O–H groups in total. The highest BCUT2D eigenvalue weighted by atomic mass is 16.5. The SMILES string of the molecule is Cn1cc(NC(=O)[C@@H]2CCCO2)cn1. The Kier molecular flexibility index (Phi) is 2.49. The number of carbonyl (C=O) groups excluding carboxylic acids is 1. The van der Waals surface area contributed by atoms with Gasteiger partial charge in [-0.25, -0.2) is 0 Å². The van der Waals surface area contributed by atoms with Gasteiger partial charge in [-0.2, -0.15) is 5.10 Å². The molecule has 1 amide bonds. The molecule has 1 saturated heterocycles. The fraction of sp³-hybridized carbons (Fsp3) is 0.556. The molecule has 0 saturated carbocycles. The van der Waals surface area contributed by atoms with Crippen LogP contribution in [0.25, 0.3) is 0 Å². The maximum absolute atomic E-state index is 11.6. The summed E-state index contributed by atoms with van der Waals surface area (Å²) in [5.74, 6) is -0.0736. The first kappa shape index (κ1) is 9.21. The van der Waals surface area contributed by atoms with Gasteiger partial charge < -0.3 is 10.1 Å². The zero-order chi connectivity index (χ0) is 9.97. The van der Waals surface area contributed by atoms with E-state index in [1.165, 1.54) is 0 Å². The van der Waals surface area contributed by atoms with Crippen molar-refractivity contribution >= 4 is 11.6 Å². The summed E-state index contributed by atoms with van der Waals surface area (Å²) >= 11 is 0. The quantitative estimate of drug-likeness (QED) is 0.749. The molecule has 0 bridgehead atoms. The van der Waals surface area contributed by atoms with Crippen LogP contribution < -0.4 is 5.32 Å². The van der Waals surface area contributed by atoms with E-state index < -0.39 is 0 Å². The number of rotatable bonds is 2. The van der Waals surface area contributed by atoms with Gasteiger partial charge >= 0.3 is 0 Å². The van der Waals surface area contributed by atoms with E-state index in [-0.39, 0.29) is 12.0 Å². The standard InChI is InChI=1S/C9H13N3O2/c1-12-6-7(5-10-12)11-9(13)8-3-2-4-14-8/h5-6,8H,2-4H2,1H3,(H,11,13)/t8-/m0/s1. The van der Waals surface area contributed by atoms with Crippen LogP contribution in [0.1, 0.15) is 12.8 Å². The summed E-state index contributed by atoms with van der Waals surface area (Å²) in [7, 11) is 1.81. The van der Waals surface area contributed by atoms with E-state index in [0.29, 0.717) is 12.3 Å². The molecule has 0 aliphatic carbocycles. The third-order valence-corrected chi connectivity index (χ3v) is 2.19. The van der Waals surface area contributed by atoms with E-state index in [2.05, 4.69) is 10.4 Å². The van der Waals surface area contributed by atoms with Crippen molar-refractivity contribution in [3.8, 4) is 0 Å². The number of aryl methyl sites for hydroxylation is 1. The average Bonchev–Trinajstić information content (AvgIpc) is 2.75. The van der Waals surface area contributed by atoms with Gasteiger partial charge in [-0.05, 0) is 12.8 Å². The number of ether oxygens (including phenoxy) is 1. The zero-order valence-corrected chi connectivity index (χ0v) is 8.06. The molecule has 1 aliphatic heterocycles. The van der Waals surface area contributed by atoms with Crippen LogP contribution in [0.15, 0.2) is 12.4 Å². The van der Waals surface area contributed by atoms with Gasteiger partial charge in [0.25, 0.3) is 5.91 Å².